The maximum Gasteiger partial charge on any atom is 0.312 e. The molecule has 1 amide bonds. The molecule has 0 saturated carbocycles. The van der Waals surface area contributed by atoms with Gasteiger partial charge in [0.25, 0.3) is 0 Å². The minimum Gasteiger partial charge on any atom is -0.481 e. The van der Waals surface area contributed by atoms with Crippen LogP contribution in [0.25, 0.3) is 0 Å². The van der Waals surface area contributed by atoms with E-state index in [4.69, 9.17) is 5.11 Å². The third-order valence-electron chi connectivity index (χ3n) is 1.67. The number of hydrogen-bond donors (Lipinski definition) is 2. The first-order valence-electron chi connectivity index (χ1n) is 4.65. The number of nitrogens with one attached hydrogen (secondary N) is 1. The van der Waals surface area contributed by atoms with Crippen LogP contribution in [0.2, 0.25) is 0 Å². The van der Waals surface area contributed by atoms with Crippen molar-refractivity contribution in [2.24, 2.45) is 0 Å². The fraction of sp³-hybridized carbons (Fsp3) is 0.778. The molecule has 82 valence electrons. The van der Waals surface area contributed by atoms with Crippen LogP contribution in [0.3, 0.4) is 0 Å². The van der Waals surface area contributed by atoms with Crippen molar-refractivity contribution in [2.75, 3.05) is 27.2 Å². The minimum absolute atomic E-state index is 0.414. The fourth-order valence-electron chi connectivity index (χ4n) is 0.981. The Morgan fingerprint density at radius 1 is 1.29 bits per heavy atom. The maximum absolute atomic E-state index is 10.8. The van der Waals surface area contributed by atoms with Crippen molar-refractivity contribution >= 4 is 11.9 Å². The zero-order valence-corrected chi connectivity index (χ0v) is 8.75. The monoisotopic (exact) mass is 202 g/mol. The van der Waals surface area contributed by atoms with Gasteiger partial charge < -0.3 is 15.3 Å². The van der Waals surface area contributed by atoms with Gasteiger partial charge in [-0.2, -0.15) is 0 Å². The predicted molar refractivity (Wildman–Crippen MR) is 53.1 cm³/mol. The Morgan fingerprint density at radius 3 is 2.43 bits per heavy atom. The molecule has 0 rings (SSSR count). The summed E-state index contributed by atoms with van der Waals surface area (Å²) in [7, 11) is 3.98. The summed E-state index contributed by atoms with van der Waals surface area (Å²) in [5.41, 5.74) is 0. The summed E-state index contributed by atoms with van der Waals surface area (Å²) in [6, 6.07) is 0. The Labute approximate surface area is 84.1 Å². The largest absolute Gasteiger partial charge is 0.481 e. The first kappa shape index (κ1) is 12.9. The van der Waals surface area contributed by atoms with E-state index in [1.807, 2.05) is 14.1 Å². The van der Waals surface area contributed by atoms with Crippen LogP contribution in [-0.2, 0) is 9.59 Å². The predicted octanol–water partition coefficient (Wildman–Crippen LogP) is -0.0809. The second-order valence-corrected chi connectivity index (χ2v) is 3.43. The molecule has 0 fully saturated rings. The van der Waals surface area contributed by atoms with Gasteiger partial charge in [-0.3, -0.25) is 9.59 Å². The lowest BCUT2D eigenvalue weighted by molar-refractivity contribution is -0.140. The van der Waals surface area contributed by atoms with Gasteiger partial charge >= 0.3 is 5.97 Å². The molecule has 2 N–H and O–H groups in total. The lowest BCUT2D eigenvalue weighted by Gasteiger charge is -2.08. The van der Waals surface area contributed by atoms with E-state index in [1.165, 1.54) is 0 Å². The molecule has 0 aliphatic rings. The van der Waals surface area contributed by atoms with Crippen molar-refractivity contribution in [3.63, 3.8) is 0 Å². The molecular formula is C9H18N2O3. The lowest BCUT2D eigenvalue weighted by atomic mass is 10.3. The quantitative estimate of drug-likeness (QED) is 0.447. The molecule has 5 nitrogen and oxygen atoms in total. The van der Waals surface area contributed by atoms with Gasteiger partial charge in [0, 0.05) is 6.54 Å². The third-order valence-corrected chi connectivity index (χ3v) is 1.67. The van der Waals surface area contributed by atoms with Crippen LogP contribution in [0.4, 0.5) is 0 Å². The number of carbonyl (C=O) groups is 2. The highest BCUT2D eigenvalue weighted by Gasteiger charge is 2.05. The highest BCUT2D eigenvalue weighted by molar-refractivity contribution is 5.93. The zero-order valence-electron chi connectivity index (χ0n) is 8.75. The first-order valence-corrected chi connectivity index (χ1v) is 4.65. The normalized spacial score (nSPS) is 10.2. The summed E-state index contributed by atoms with van der Waals surface area (Å²) in [6.07, 6.45) is 1.44. The van der Waals surface area contributed by atoms with E-state index < -0.39 is 18.3 Å². The van der Waals surface area contributed by atoms with E-state index in [0.29, 0.717) is 6.54 Å². The Hall–Kier alpha value is -1.10. The van der Waals surface area contributed by atoms with Gasteiger partial charge in [-0.05, 0) is 33.5 Å². The van der Waals surface area contributed by atoms with Gasteiger partial charge in [-0.25, -0.2) is 0 Å². The van der Waals surface area contributed by atoms with Gasteiger partial charge in [0.1, 0.15) is 6.42 Å². The molecule has 0 aromatic heterocycles. The molecule has 0 aliphatic heterocycles. The lowest BCUT2D eigenvalue weighted by Crippen LogP contribution is -2.27. The van der Waals surface area contributed by atoms with E-state index in [0.717, 1.165) is 19.4 Å². The number of aliphatic carboxylic acids is 1. The molecule has 0 saturated heterocycles. The van der Waals surface area contributed by atoms with Crippen LogP contribution in [0.5, 0.6) is 0 Å². The average Bonchev–Trinajstić information content (AvgIpc) is 2.01. The maximum atomic E-state index is 10.8. The molecule has 0 spiro atoms. The van der Waals surface area contributed by atoms with E-state index in [9.17, 15) is 9.59 Å². The molecule has 0 unspecified atom stereocenters. The number of rotatable bonds is 7. The van der Waals surface area contributed by atoms with Crippen LogP contribution in [0.1, 0.15) is 19.3 Å². The molecule has 5 heteroatoms. The SMILES string of the molecule is CN(C)CCCCNC(=O)CC(=O)O. The molecule has 0 aliphatic carbocycles. The van der Waals surface area contributed by atoms with E-state index in [1.54, 1.807) is 0 Å². The molecule has 0 atom stereocenters. The van der Waals surface area contributed by atoms with E-state index in [-0.39, 0.29) is 0 Å². The summed E-state index contributed by atoms with van der Waals surface area (Å²) in [5, 5.41) is 10.8. The van der Waals surface area contributed by atoms with E-state index >= 15 is 0 Å². The van der Waals surface area contributed by atoms with Gasteiger partial charge in [0.15, 0.2) is 0 Å². The summed E-state index contributed by atoms with van der Waals surface area (Å²) >= 11 is 0. The van der Waals surface area contributed by atoms with Crippen LogP contribution in [0.15, 0.2) is 0 Å². The van der Waals surface area contributed by atoms with Crippen LogP contribution < -0.4 is 5.32 Å². The second-order valence-electron chi connectivity index (χ2n) is 3.43. The highest BCUT2D eigenvalue weighted by Crippen LogP contribution is 1.89. The van der Waals surface area contributed by atoms with Crippen molar-refractivity contribution < 1.29 is 14.7 Å². The second kappa shape index (κ2) is 7.32. The van der Waals surface area contributed by atoms with Crippen molar-refractivity contribution in [1.29, 1.82) is 0 Å². The molecule has 0 aromatic carbocycles. The third kappa shape index (κ3) is 8.99. The smallest absolute Gasteiger partial charge is 0.312 e. The topological polar surface area (TPSA) is 69.6 Å². The number of carboxylic acids is 1. The molecule has 0 heterocycles. The van der Waals surface area contributed by atoms with Crippen molar-refractivity contribution in [3.8, 4) is 0 Å². The summed E-state index contributed by atoms with van der Waals surface area (Å²) in [6.45, 7) is 1.54. The zero-order chi connectivity index (χ0) is 11.0. The summed E-state index contributed by atoms with van der Waals surface area (Å²) in [4.78, 5) is 23.0. The Balaban J connectivity index is 3.27. The Morgan fingerprint density at radius 2 is 1.93 bits per heavy atom. The van der Waals surface area contributed by atoms with Crippen molar-refractivity contribution in [1.82, 2.24) is 10.2 Å². The van der Waals surface area contributed by atoms with Crippen LogP contribution >= 0.6 is 0 Å². The Kier molecular flexibility index (Phi) is 6.74. The summed E-state index contributed by atoms with van der Waals surface area (Å²) < 4.78 is 0. The Bertz CT molecular complexity index is 192. The molecule has 0 bridgehead atoms. The van der Waals surface area contributed by atoms with Gasteiger partial charge in [0.2, 0.25) is 5.91 Å². The van der Waals surface area contributed by atoms with E-state index in [2.05, 4.69) is 10.2 Å². The average molecular weight is 202 g/mol. The summed E-state index contributed by atoms with van der Waals surface area (Å²) in [5.74, 6) is -1.50. The number of carboxylic acid groups (broad SMARTS) is 1. The van der Waals surface area contributed by atoms with Crippen molar-refractivity contribution in [2.45, 2.75) is 19.3 Å². The number of unbranched alkanes of at least 4 members (excludes halogenated alkanes) is 1. The standard InChI is InChI=1S/C9H18N2O3/c1-11(2)6-4-3-5-10-8(12)7-9(13)14/h3-7H2,1-2H3,(H,10,12)(H,13,14). The minimum atomic E-state index is -1.09. The fourth-order valence-corrected chi connectivity index (χ4v) is 0.981. The van der Waals surface area contributed by atoms with Crippen LogP contribution in [0, 0.1) is 0 Å². The first-order chi connectivity index (χ1) is 6.52. The number of nitrogens with zero attached hydrogens (tertiary/aromatic N) is 1. The molecule has 14 heavy (non-hydrogen) atoms. The van der Waals surface area contributed by atoms with Gasteiger partial charge in [-0.15, -0.1) is 0 Å². The molecule has 0 aromatic rings. The van der Waals surface area contributed by atoms with Gasteiger partial charge in [0.05, 0.1) is 0 Å². The number of hydrogen-bond acceptors (Lipinski definition) is 3. The van der Waals surface area contributed by atoms with Crippen molar-refractivity contribution in [3.05, 3.63) is 0 Å². The number of amides is 1. The highest BCUT2D eigenvalue weighted by atomic mass is 16.4. The number of carbonyl (C=O) groups excluding carboxylic acids is 1. The van der Waals surface area contributed by atoms with Gasteiger partial charge in [-0.1, -0.05) is 0 Å². The molecule has 0 radical (unpaired) electrons. The molecular weight excluding hydrogens is 184 g/mol. The van der Waals surface area contributed by atoms with Crippen LogP contribution in [-0.4, -0.2) is 49.1 Å².